The number of halogens is 2. The lowest BCUT2D eigenvalue weighted by atomic mass is 10.3. The molecule has 8 nitrogen and oxygen atoms in total. The summed E-state index contributed by atoms with van der Waals surface area (Å²) in [5, 5.41) is -0.127. The molecule has 36 heavy (non-hydrogen) atoms. The summed E-state index contributed by atoms with van der Waals surface area (Å²) in [5.74, 6) is -1.23. The summed E-state index contributed by atoms with van der Waals surface area (Å²) >= 11 is 0. The molecular weight excluding hydrogens is 490 g/mol. The standard InChI is InChI=1S/C15H16N4O2.C6H14O2S.C4H8F2/c1-10-3-4-13(9-16-10)21-14-5-6-19(15(14)20)12-7-17-11(2)18-8-12;1-4-6(5-2)9(3,7)8;1-3-4(2,5)6/h3-4,7-9,14H,5-6H2,1-2H3;6H,4-5H2,1-3H3;3H2,1-2H3. The zero-order valence-electron chi connectivity index (χ0n) is 22.2. The molecule has 0 bridgehead atoms. The number of aromatic nitrogens is 3. The minimum Gasteiger partial charge on any atom is -0.479 e. The van der Waals surface area contributed by atoms with E-state index >= 15 is 0 Å². The minimum absolute atomic E-state index is 0.0625. The highest BCUT2D eigenvalue weighted by atomic mass is 32.2. The molecule has 0 aromatic carbocycles. The topological polar surface area (TPSA) is 102 Å². The van der Waals surface area contributed by atoms with Crippen molar-refractivity contribution in [2.45, 2.75) is 84.5 Å². The van der Waals surface area contributed by atoms with Crippen LogP contribution in [-0.2, 0) is 14.6 Å². The Morgan fingerprint density at radius 1 is 1.08 bits per heavy atom. The third-order valence-electron chi connectivity index (χ3n) is 5.53. The van der Waals surface area contributed by atoms with E-state index in [2.05, 4.69) is 15.0 Å². The highest BCUT2D eigenvalue weighted by Gasteiger charge is 2.34. The molecule has 0 aliphatic carbocycles. The van der Waals surface area contributed by atoms with Crippen molar-refractivity contribution in [1.29, 1.82) is 0 Å². The number of alkyl halides is 2. The van der Waals surface area contributed by atoms with Crippen molar-refractivity contribution in [3.8, 4) is 5.75 Å². The van der Waals surface area contributed by atoms with Gasteiger partial charge in [0.25, 0.3) is 5.91 Å². The number of sulfone groups is 1. The number of ether oxygens (including phenoxy) is 1. The monoisotopic (exact) mass is 528 g/mol. The number of pyridine rings is 1. The van der Waals surface area contributed by atoms with Crippen LogP contribution in [-0.4, -0.2) is 59.4 Å². The second-order valence-corrected chi connectivity index (χ2v) is 11.0. The van der Waals surface area contributed by atoms with E-state index in [0.717, 1.165) is 25.5 Å². The molecule has 1 aliphatic heterocycles. The van der Waals surface area contributed by atoms with E-state index < -0.39 is 21.9 Å². The van der Waals surface area contributed by atoms with Crippen LogP contribution in [0.5, 0.6) is 5.75 Å². The van der Waals surface area contributed by atoms with Crippen molar-refractivity contribution in [3.63, 3.8) is 0 Å². The van der Waals surface area contributed by atoms with Crippen molar-refractivity contribution in [1.82, 2.24) is 15.0 Å². The molecule has 11 heteroatoms. The second kappa shape index (κ2) is 14.2. The summed E-state index contributed by atoms with van der Waals surface area (Å²) in [6, 6.07) is 3.69. The molecule has 2 aromatic rings. The van der Waals surface area contributed by atoms with Gasteiger partial charge in [-0.25, -0.2) is 27.2 Å². The Bertz CT molecular complexity index is 1040. The molecule has 3 rings (SSSR count). The molecule has 0 saturated carbocycles. The Kier molecular flexibility index (Phi) is 12.3. The first-order valence-electron chi connectivity index (χ1n) is 12.0. The van der Waals surface area contributed by atoms with Crippen LogP contribution in [0.15, 0.2) is 30.7 Å². The van der Waals surface area contributed by atoms with Crippen molar-refractivity contribution < 1.29 is 26.7 Å². The number of rotatable bonds is 7. The fourth-order valence-electron chi connectivity index (χ4n) is 3.13. The first kappa shape index (κ1) is 31.3. The van der Waals surface area contributed by atoms with Crippen LogP contribution in [0.3, 0.4) is 0 Å². The Morgan fingerprint density at radius 3 is 2.03 bits per heavy atom. The van der Waals surface area contributed by atoms with Crippen LogP contribution in [0.1, 0.15) is 64.9 Å². The molecule has 1 amide bonds. The van der Waals surface area contributed by atoms with Crippen LogP contribution < -0.4 is 9.64 Å². The molecule has 1 aliphatic rings. The largest absolute Gasteiger partial charge is 0.479 e. The fraction of sp³-hybridized carbons (Fsp3) is 0.600. The van der Waals surface area contributed by atoms with Crippen molar-refractivity contribution in [3.05, 3.63) is 42.2 Å². The Balaban J connectivity index is 0.000000359. The normalized spacial score (nSPS) is 15.7. The SMILES string of the molecule is CCC(C)(F)F.CCC(CC)S(C)(=O)=O.Cc1ccc(OC2CCN(c3cnc(C)nc3)C2=O)cn1. The predicted molar refractivity (Wildman–Crippen MR) is 137 cm³/mol. The Labute approximate surface area is 213 Å². The number of nitrogens with zero attached hydrogens (tertiary/aromatic N) is 4. The summed E-state index contributed by atoms with van der Waals surface area (Å²) in [7, 11) is -2.77. The molecule has 1 fully saturated rings. The summed E-state index contributed by atoms with van der Waals surface area (Å²) in [5.41, 5.74) is 1.62. The van der Waals surface area contributed by atoms with Gasteiger partial charge in [-0.05, 0) is 45.7 Å². The van der Waals surface area contributed by atoms with Gasteiger partial charge in [-0.1, -0.05) is 20.8 Å². The average molecular weight is 529 g/mol. The van der Waals surface area contributed by atoms with E-state index in [1.165, 1.54) is 13.2 Å². The van der Waals surface area contributed by atoms with E-state index in [1.54, 1.807) is 23.5 Å². The van der Waals surface area contributed by atoms with E-state index in [-0.39, 0.29) is 17.6 Å². The molecule has 1 atom stereocenters. The first-order chi connectivity index (χ1) is 16.7. The van der Waals surface area contributed by atoms with Crippen molar-refractivity contribution >= 4 is 21.4 Å². The Morgan fingerprint density at radius 2 is 1.64 bits per heavy atom. The lowest BCUT2D eigenvalue weighted by molar-refractivity contribution is -0.122. The summed E-state index contributed by atoms with van der Waals surface area (Å²) in [4.78, 5) is 26.5. The predicted octanol–water partition coefficient (Wildman–Crippen LogP) is 4.94. The van der Waals surface area contributed by atoms with Gasteiger partial charge in [0, 0.05) is 31.3 Å². The minimum atomic E-state index is -2.77. The molecule has 1 unspecified atom stereocenters. The molecule has 1 saturated heterocycles. The van der Waals surface area contributed by atoms with E-state index in [4.69, 9.17) is 4.74 Å². The molecular formula is C25H38F2N4O4S. The maximum absolute atomic E-state index is 12.4. The molecule has 2 aromatic heterocycles. The number of anilines is 1. The first-order valence-corrected chi connectivity index (χ1v) is 13.9. The number of carbonyl (C=O) groups excluding carboxylic acids is 1. The van der Waals surface area contributed by atoms with Gasteiger partial charge in [0.05, 0.1) is 29.5 Å². The average Bonchev–Trinajstić information content (AvgIpc) is 3.16. The number of amides is 1. The highest BCUT2D eigenvalue weighted by molar-refractivity contribution is 7.91. The highest BCUT2D eigenvalue weighted by Crippen LogP contribution is 2.23. The molecule has 0 spiro atoms. The van der Waals surface area contributed by atoms with Crippen LogP contribution in [0, 0.1) is 13.8 Å². The van der Waals surface area contributed by atoms with Gasteiger partial charge in [0.2, 0.25) is 5.92 Å². The van der Waals surface area contributed by atoms with E-state index in [1.807, 2.05) is 39.8 Å². The zero-order valence-corrected chi connectivity index (χ0v) is 23.0. The van der Waals surface area contributed by atoms with E-state index in [0.29, 0.717) is 30.2 Å². The maximum atomic E-state index is 12.4. The van der Waals surface area contributed by atoms with Crippen LogP contribution >= 0.6 is 0 Å². The second-order valence-electron chi connectivity index (χ2n) is 8.70. The third kappa shape index (κ3) is 10.9. The van der Waals surface area contributed by atoms with Gasteiger partial charge in [0.1, 0.15) is 21.4 Å². The summed E-state index contributed by atoms with van der Waals surface area (Å²) in [6.07, 6.45) is 7.82. The number of aryl methyl sites for hydroxylation is 2. The van der Waals surface area contributed by atoms with Gasteiger partial charge >= 0.3 is 0 Å². The molecule has 0 N–H and O–H groups in total. The molecule has 3 heterocycles. The van der Waals surface area contributed by atoms with Crippen molar-refractivity contribution in [2.24, 2.45) is 0 Å². The summed E-state index contributed by atoms with van der Waals surface area (Å²) < 4.78 is 50.2. The van der Waals surface area contributed by atoms with Crippen molar-refractivity contribution in [2.75, 3.05) is 17.7 Å². The quantitative estimate of drug-likeness (QED) is 0.501. The third-order valence-corrected chi connectivity index (χ3v) is 7.41. The molecule has 202 valence electrons. The van der Waals surface area contributed by atoms with Gasteiger partial charge in [-0.3, -0.25) is 9.78 Å². The fourth-order valence-corrected chi connectivity index (χ4v) is 4.34. The van der Waals surface area contributed by atoms with Crippen LogP contribution in [0.25, 0.3) is 0 Å². The lowest BCUT2D eigenvalue weighted by Crippen LogP contribution is -2.32. The Hall–Kier alpha value is -2.69. The van der Waals surface area contributed by atoms with Gasteiger partial charge in [0.15, 0.2) is 6.10 Å². The van der Waals surface area contributed by atoms with Gasteiger partial charge in [-0.2, -0.15) is 0 Å². The summed E-state index contributed by atoms with van der Waals surface area (Å²) in [6.45, 7) is 10.5. The lowest BCUT2D eigenvalue weighted by Gasteiger charge is -2.16. The molecule has 0 radical (unpaired) electrons. The maximum Gasteiger partial charge on any atom is 0.268 e. The zero-order chi connectivity index (χ0) is 27.5. The number of carbonyl (C=O) groups is 1. The van der Waals surface area contributed by atoms with Crippen LogP contribution in [0.4, 0.5) is 14.5 Å². The van der Waals surface area contributed by atoms with Crippen LogP contribution in [0.2, 0.25) is 0 Å². The number of hydrogen-bond acceptors (Lipinski definition) is 7. The van der Waals surface area contributed by atoms with Gasteiger partial charge < -0.3 is 9.64 Å². The van der Waals surface area contributed by atoms with E-state index in [9.17, 15) is 22.0 Å². The number of hydrogen-bond donors (Lipinski definition) is 0. The van der Waals surface area contributed by atoms with Gasteiger partial charge in [-0.15, -0.1) is 0 Å². The smallest absolute Gasteiger partial charge is 0.268 e.